The first-order chi connectivity index (χ1) is 13.8. The molecule has 0 spiro atoms. The number of nitrogens with one attached hydrogen (secondary N) is 2. The van der Waals surface area contributed by atoms with Crippen LogP contribution in [-0.2, 0) is 6.54 Å². The van der Waals surface area contributed by atoms with Gasteiger partial charge in [0.25, 0.3) is 0 Å². The van der Waals surface area contributed by atoms with Crippen LogP contribution in [0.25, 0.3) is 10.9 Å². The average Bonchev–Trinajstić information content (AvgIpc) is 3.01. The minimum Gasteiger partial charge on any atom is -0.382 e. The zero-order valence-electron chi connectivity index (χ0n) is 16.1. The monoisotopic (exact) mass is 370 g/mol. The summed E-state index contributed by atoms with van der Waals surface area (Å²) >= 11 is 0. The molecule has 0 bridgehead atoms. The van der Waals surface area contributed by atoms with E-state index in [1.54, 1.807) is 0 Å². The fourth-order valence-electron chi connectivity index (χ4n) is 3.98. The van der Waals surface area contributed by atoms with Crippen molar-refractivity contribution in [1.82, 2.24) is 4.98 Å². The van der Waals surface area contributed by atoms with Gasteiger partial charge in [0.1, 0.15) is 0 Å². The van der Waals surface area contributed by atoms with Gasteiger partial charge in [-0.1, -0.05) is 37.8 Å². The van der Waals surface area contributed by atoms with Crippen LogP contribution in [0.15, 0.2) is 54.7 Å². The Hall–Kier alpha value is -3.06. The van der Waals surface area contributed by atoms with Crippen LogP contribution >= 0.6 is 0 Å². The standard InChI is InChI=1S/C24H26N4/c25-16-18-6-5-7-19(14-18)17-27-21-10-11-23-22(15-21)24(12-13-26-23)28-20-8-3-1-2-4-9-20/h5-7,10-15,20,27H,1-4,8-9,17H2,(H,26,28). The third kappa shape index (κ3) is 4.43. The lowest BCUT2D eigenvalue weighted by Crippen LogP contribution is -2.18. The van der Waals surface area contributed by atoms with Crippen molar-refractivity contribution in [2.75, 3.05) is 10.6 Å². The van der Waals surface area contributed by atoms with Crippen LogP contribution in [0.4, 0.5) is 11.4 Å². The Morgan fingerprint density at radius 2 is 1.86 bits per heavy atom. The molecule has 0 amide bonds. The molecule has 0 aliphatic heterocycles. The van der Waals surface area contributed by atoms with Gasteiger partial charge >= 0.3 is 0 Å². The minimum atomic E-state index is 0.554. The highest BCUT2D eigenvalue weighted by Crippen LogP contribution is 2.28. The minimum absolute atomic E-state index is 0.554. The molecule has 0 saturated heterocycles. The van der Waals surface area contributed by atoms with Crippen molar-refractivity contribution in [1.29, 1.82) is 5.26 Å². The zero-order chi connectivity index (χ0) is 19.2. The molecule has 2 aromatic carbocycles. The summed E-state index contributed by atoms with van der Waals surface area (Å²) in [5, 5.41) is 17.5. The highest BCUT2D eigenvalue weighted by molar-refractivity contribution is 5.93. The summed E-state index contributed by atoms with van der Waals surface area (Å²) in [7, 11) is 0. The molecule has 142 valence electrons. The van der Waals surface area contributed by atoms with E-state index in [4.69, 9.17) is 5.26 Å². The molecular weight excluding hydrogens is 344 g/mol. The molecule has 0 radical (unpaired) electrons. The lowest BCUT2D eigenvalue weighted by molar-refractivity contribution is 0.620. The van der Waals surface area contributed by atoms with Crippen molar-refractivity contribution in [3.8, 4) is 6.07 Å². The number of nitrogens with zero attached hydrogens (tertiary/aromatic N) is 2. The number of rotatable bonds is 5. The highest BCUT2D eigenvalue weighted by atomic mass is 14.9. The van der Waals surface area contributed by atoms with Crippen LogP contribution in [0.3, 0.4) is 0 Å². The molecule has 4 nitrogen and oxygen atoms in total. The molecule has 0 unspecified atom stereocenters. The largest absolute Gasteiger partial charge is 0.382 e. The van der Waals surface area contributed by atoms with Gasteiger partial charge in [-0.3, -0.25) is 4.98 Å². The summed E-state index contributed by atoms with van der Waals surface area (Å²) in [4.78, 5) is 4.53. The van der Waals surface area contributed by atoms with Gasteiger partial charge in [0.2, 0.25) is 0 Å². The van der Waals surface area contributed by atoms with Crippen molar-refractivity contribution in [2.45, 2.75) is 51.1 Å². The number of aromatic nitrogens is 1. The maximum absolute atomic E-state index is 9.06. The lowest BCUT2D eigenvalue weighted by Gasteiger charge is -2.19. The summed E-state index contributed by atoms with van der Waals surface area (Å²) in [5.74, 6) is 0. The van der Waals surface area contributed by atoms with Crippen molar-refractivity contribution >= 4 is 22.3 Å². The number of hydrogen-bond acceptors (Lipinski definition) is 4. The van der Waals surface area contributed by atoms with Gasteiger partial charge in [-0.25, -0.2) is 0 Å². The molecule has 2 N–H and O–H groups in total. The first kappa shape index (κ1) is 18.3. The van der Waals surface area contributed by atoms with Crippen LogP contribution in [0.5, 0.6) is 0 Å². The summed E-state index contributed by atoms with van der Waals surface area (Å²) < 4.78 is 0. The van der Waals surface area contributed by atoms with Crippen LogP contribution < -0.4 is 10.6 Å². The third-order valence-corrected chi connectivity index (χ3v) is 5.51. The van der Waals surface area contributed by atoms with E-state index < -0.39 is 0 Å². The Morgan fingerprint density at radius 1 is 1.00 bits per heavy atom. The average molecular weight is 371 g/mol. The molecule has 3 aromatic rings. The molecular formula is C24H26N4. The second-order valence-corrected chi connectivity index (χ2v) is 7.59. The number of hydrogen-bond donors (Lipinski definition) is 2. The van der Waals surface area contributed by atoms with Crippen LogP contribution in [0, 0.1) is 11.3 Å². The van der Waals surface area contributed by atoms with E-state index in [0.29, 0.717) is 18.2 Å². The second-order valence-electron chi connectivity index (χ2n) is 7.59. The predicted octanol–water partition coefficient (Wildman–Crippen LogP) is 5.85. The normalized spacial score (nSPS) is 15.0. The van der Waals surface area contributed by atoms with E-state index >= 15 is 0 Å². The number of benzene rings is 2. The first-order valence-corrected chi connectivity index (χ1v) is 10.2. The fourth-order valence-corrected chi connectivity index (χ4v) is 3.98. The van der Waals surface area contributed by atoms with Crippen molar-refractivity contribution in [3.63, 3.8) is 0 Å². The molecule has 1 heterocycles. The smallest absolute Gasteiger partial charge is 0.0991 e. The molecule has 4 heteroatoms. The van der Waals surface area contributed by atoms with Crippen LogP contribution in [0.2, 0.25) is 0 Å². The Morgan fingerprint density at radius 3 is 2.68 bits per heavy atom. The van der Waals surface area contributed by atoms with Gasteiger partial charge in [0, 0.05) is 35.5 Å². The molecule has 1 aromatic heterocycles. The topological polar surface area (TPSA) is 60.7 Å². The van der Waals surface area contributed by atoms with Crippen LogP contribution in [-0.4, -0.2) is 11.0 Å². The number of anilines is 2. The van der Waals surface area contributed by atoms with Crippen molar-refractivity contribution < 1.29 is 0 Å². The molecule has 1 fully saturated rings. The maximum atomic E-state index is 9.06. The Kier molecular flexibility index (Phi) is 5.72. The molecule has 4 rings (SSSR count). The molecule has 1 aliphatic carbocycles. The highest BCUT2D eigenvalue weighted by Gasteiger charge is 2.13. The fraction of sp³-hybridized carbons (Fsp3) is 0.333. The maximum Gasteiger partial charge on any atom is 0.0991 e. The van der Waals surface area contributed by atoms with Crippen molar-refractivity contribution in [3.05, 3.63) is 65.9 Å². The summed E-state index contributed by atoms with van der Waals surface area (Å²) in [5.41, 5.74) is 5.04. The van der Waals surface area contributed by atoms with Crippen LogP contribution in [0.1, 0.15) is 49.7 Å². The number of nitriles is 1. The third-order valence-electron chi connectivity index (χ3n) is 5.51. The second kappa shape index (κ2) is 8.75. The molecule has 1 aliphatic rings. The van der Waals surface area contributed by atoms with E-state index in [-0.39, 0.29) is 0 Å². The van der Waals surface area contributed by atoms with Gasteiger partial charge in [0.05, 0.1) is 17.1 Å². The zero-order valence-corrected chi connectivity index (χ0v) is 16.1. The van der Waals surface area contributed by atoms with Gasteiger partial charge in [-0.05, 0) is 54.8 Å². The summed E-state index contributed by atoms with van der Waals surface area (Å²) in [6.07, 6.45) is 9.73. The molecule has 1 saturated carbocycles. The van der Waals surface area contributed by atoms with E-state index in [1.807, 2.05) is 30.5 Å². The predicted molar refractivity (Wildman–Crippen MR) is 115 cm³/mol. The molecule has 28 heavy (non-hydrogen) atoms. The lowest BCUT2D eigenvalue weighted by atomic mass is 10.1. The molecule has 0 atom stereocenters. The van der Waals surface area contributed by atoms with E-state index in [0.717, 1.165) is 22.2 Å². The Balaban J connectivity index is 1.52. The Labute approximate surface area is 166 Å². The van der Waals surface area contributed by atoms with Gasteiger partial charge < -0.3 is 10.6 Å². The van der Waals surface area contributed by atoms with Gasteiger partial charge in [-0.2, -0.15) is 5.26 Å². The van der Waals surface area contributed by atoms with E-state index in [2.05, 4.69) is 46.0 Å². The van der Waals surface area contributed by atoms with Gasteiger partial charge in [0.15, 0.2) is 0 Å². The quantitative estimate of drug-likeness (QED) is 0.553. The number of pyridine rings is 1. The Bertz CT molecular complexity index is 981. The van der Waals surface area contributed by atoms with E-state index in [9.17, 15) is 0 Å². The van der Waals surface area contributed by atoms with Crippen molar-refractivity contribution in [2.24, 2.45) is 0 Å². The SMILES string of the molecule is N#Cc1cccc(CNc2ccc3nccc(NC4CCCCCC4)c3c2)c1. The summed E-state index contributed by atoms with van der Waals surface area (Å²) in [6, 6.07) is 18.9. The first-order valence-electron chi connectivity index (χ1n) is 10.2. The summed E-state index contributed by atoms with van der Waals surface area (Å²) in [6.45, 7) is 0.687. The van der Waals surface area contributed by atoms with Gasteiger partial charge in [-0.15, -0.1) is 0 Å². The number of fused-ring (bicyclic) bond motifs is 1. The van der Waals surface area contributed by atoms with E-state index in [1.165, 1.54) is 44.2 Å².